The Kier molecular flexibility index (Phi) is 5.94. The Bertz CT molecular complexity index is 1150. The zero-order valence-corrected chi connectivity index (χ0v) is 17.8. The lowest BCUT2D eigenvalue weighted by atomic mass is 10.0. The van der Waals surface area contributed by atoms with Crippen LogP contribution in [-0.2, 0) is 16.1 Å². The Balaban J connectivity index is 1.57. The average molecular weight is 412 g/mol. The van der Waals surface area contributed by atoms with Gasteiger partial charge in [-0.1, -0.05) is 54.6 Å². The summed E-state index contributed by atoms with van der Waals surface area (Å²) in [7, 11) is 0. The Labute approximate surface area is 182 Å². The van der Waals surface area contributed by atoms with Crippen molar-refractivity contribution >= 4 is 28.9 Å². The van der Waals surface area contributed by atoms with Crippen LogP contribution in [0.2, 0.25) is 0 Å². The van der Waals surface area contributed by atoms with Crippen LogP contribution in [0.25, 0.3) is 0 Å². The molecule has 5 nitrogen and oxygen atoms in total. The van der Waals surface area contributed by atoms with Crippen LogP contribution in [0.15, 0.2) is 77.8 Å². The zero-order valence-electron chi connectivity index (χ0n) is 17.8. The summed E-state index contributed by atoms with van der Waals surface area (Å²) in [6, 6.07) is 23.3. The molecule has 0 saturated heterocycles. The SMILES string of the molecule is Cc1ccc(C2=Nc3ccccc3N(CC(=O)NCc3ccccc3)C(=O)C2)cc1C. The number of carbonyl (C=O) groups is 2. The summed E-state index contributed by atoms with van der Waals surface area (Å²) in [6.07, 6.45) is 0.142. The van der Waals surface area contributed by atoms with Gasteiger partial charge in [0.1, 0.15) is 6.54 Å². The molecule has 0 fully saturated rings. The van der Waals surface area contributed by atoms with Crippen molar-refractivity contribution in [1.82, 2.24) is 5.32 Å². The van der Waals surface area contributed by atoms with Gasteiger partial charge in [-0.15, -0.1) is 0 Å². The zero-order chi connectivity index (χ0) is 21.8. The van der Waals surface area contributed by atoms with Crippen LogP contribution in [0.4, 0.5) is 11.4 Å². The summed E-state index contributed by atoms with van der Waals surface area (Å²) in [6.45, 7) is 4.49. The van der Waals surface area contributed by atoms with Crippen molar-refractivity contribution in [2.24, 2.45) is 4.99 Å². The predicted octanol–water partition coefficient (Wildman–Crippen LogP) is 4.48. The monoisotopic (exact) mass is 411 g/mol. The highest BCUT2D eigenvalue weighted by atomic mass is 16.2. The van der Waals surface area contributed by atoms with Gasteiger partial charge in [0, 0.05) is 6.54 Å². The van der Waals surface area contributed by atoms with E-state index in [9.17, 15) is 9.59 Å². The molecule has 4 rings (SSSR count). The van der Waals surface area contributed by atoms with E-state index in [4.69, 9.17) is 4.99 Å². The molecule has 0 aromatic heterocycles. The molecule has 5 heteroatoms. The number of hydrogen-bond donors (Lipinski definition) is 1. The minimum atomic E-state index is -0.207. The van der Waals surface area contributed by atoms with Gasteiger partial charge >= 0.3 is 0 Å². The largest absolute Gasteiger partial charge is 0.350 e. The van der Waals surface area contributed by atoms with E-state index in [0.29, 0.717) is 23.6 Å². The molecule has 1 heterocycles. The fourth-order valence-electron chi connectivity index (χ4n) is 3.60. The molecular formula is C26H25N3O2. The van der Waals surface area contributed by atoms with Crippen molar-refractivity contribution in [3.63, 3.8) is 0 Å². The first-order chi connectivity index (χ1) is 15.0. The van der Waals surface area contributed by atoms with Crippen LogP contribution >= 0.6 is 0 Å². The van der Waals surface area contributed by atoms with E-state index < -0.39 is 0 Å². The second-order valence-corrected chi connectivity index (χ2v) is 7.77. The lowest BCUT2D eigenvalue weighted by molar-refractivity contribution is -0.123. The maximum absolute atomic E-state index is 13.2. The van der Waals surface area contributed by atoms with Crippen molar-refractivity contribution in [1.29, 1.82) is 0 Å². The fraction of sp³-hybridized carbons (Fsp3) is 0.192. The number of fused-ring (bicyclic) bond motifs is 1. The molecule has 0 saturated carbocycles. The topological polar surface area (TPSA) is 61.8 Å². The molecule has 0 radical (unpaired) electrons. The van der Waals surface area contributed by atoms with Crippen LogP contribution in [0.1, 0.15) is 28.7 Å². The predicted molar refractivity (Wildman–Crippen MR) is 124 cm³/mol. The molecular weight excluding hydrogens is 386 g/mol. The van der Waals surface area contributed by atoms with Crippen molar-refractivity contribution in [3.8, 4) is 0 Å². The molecule has 1 aliphatic rings. The first-order valence-electron chi connectivity index (χ1n) is 10.4. The number of benzene rings is 3. The van der Waals surface area contributed by atoms with Crippen molar-refractivity contribution in [2.45, 2.75) is 26.8 Å². The fourth-order valence-corrected chi connectivity index (χ4v) is 3.60. The quantitative estimate of drug-likeness (QED) is 0.673. The van der Waals surface area contributed by atoms with Crippen LogP contribution < -0.4 is 10.2 Å². The Morgan fingerprint density at radius 3 is 2.48 bits per heavy atom. The average Bonchev–Trinajstić information content (AvgIpc) is 2.91. The molecule has 0 unspecified atom stereocenters. The maximum atomic E-state index is 13.2. The second-order valence-electron chi connectivity index (χ2n) is 7.77. The maximum Gasteiger partial charge on any atom is 0.240 e. The number of aliphatic imine (C=N–C) groups is 1. The van der Waals surface area contributed by atoms with E-state index in [-0.39, 0.29) is 24.8 Å². The molecule has 0 aliphatic carbocycles. The summed E-state index contributed by atoms with van der Waals surface area (Å²) >= 11 is 0. The number of rotatable bonds is 5. The summed E-state index contributed by atoms with van der Waals surface area (Å²) in [5.41, 5.74) is 6.36. The number of nitrogens with one attached hydrogen (secondary N) is 1. The van der Waals surface area contributed by atoms with Gasteiger partial charge in [0.05, 0.1) is 23.5 Å². The highest BCUT2D eigenvalue weighted by molar-refractivity contribution is 6.18. The van der Waals surface area contributed by atoms with E-state index in [1.54, 1.807) is 0 Å². The van der Waals surface area contributed by atoms with Gasteiger partial charge in [-0.3, -0.25) is 14.6 Å². The third kappa shape index (κ3) is 4.72. The summed E-state index contributed by atoms with van der Waals surface area (Å²) < 4.78 is 0. The van der Waals surface area contributed by atoms with E-state index in [1.807, 2.05) is 66.7 Å². The number of amides is 2. The van der Waals surface area contributed by atoms with Gasteiger partial charge in [0.2, 0.25) is 11.8 Å². The number of hydrogen-bond acceptors (Lipinski definition) is 3. The van der Waals surface area contributed by atoms with Crippen LogP contribution in [0, 0.1) is 13.8 Å². The van der Waals surface area contributed by atoms with Gasteiger partial charge in [0.25, 0.3) is 0 Å². The standard InChI is InChI=1S/C26H25N3O2/c1-18-12-13-21(14-19(18)2)23-15-26(31)29(24-11-7-6-10-22(24)28-23)17-25(30)27-16-20-8-4-3-5-9-20/h3-14H,15-17H2,1-2H3,(H,27,30). The number of aryl methyl sites for hydroxylation is 2. The first-order valence-corrected chi connectivity index (χ1v) is 10.4. The second kappa shape index (κ2) is 8.96. The van der Waals surface area contributed by atoms with E-state index >= 15 is 0 Å². The van der Waals surface area contributed by atoms with Crippen LogP contribution in [0.5, 0.6) is 0 Å². The normalized spacial score (nSPS) is 13.3. The van der Waals surface area contributed by atoms with Crippen LogP contribution in [-0.4, -0.2) is 24.1 Å². The van der Waals surface area contributed by atoms with Gasteiger partial charge in [0.15, 0.2) is 0 Å². The number of anilines is 1. The van der Waals surface area contributed by atoms with E-state index in [2.05, 4.69) is 25.2 Å². The molecule has 156 valence electrons. The lowest BCUT2D eigenvalue weighted by Gasteiger charge is -2.22. The first kappa shape index (κ1) is 20.5. The molecule has 1 aliphatic heterocycles. The third-order valence-electron chi connectivity index (χ3n) is 5.52. The number of nitrogens with zero attached hydrogens (tertiary/aromatic N) is 2. The minimum Gasteiger partial charge on any atom is -0.350 e. The van der Waals surface area contributed by atoms with E-state index in [0.717, 1.165) is 16.7 Å². The van der Waals surface area contributed by atoms with E-state index in [1.165, 1.54) is 10.5 Å². The number of para-hydroxylation sites is 2. The van der Waals surface area contributed by atoms with Crippen molar-refractivity contribution in [2.75, 3.05) is 11.4 Å². The van der Waals surface area contributed by atoms with Gasteiger partial charge in [-0.25, -0.2) is 0 Å². The third-order valence-corrected chi connectivity index (χ3v) is 5.52. The summed E-state index contributed by atoms with van der Waals surface area (Å²) in [5, 5.41) is 2.90. The minimum absolute atomic E-state index is 0.0432. The van der Waals surface area contributed by atoms with Gasteiger partial charge in [-0.05, 0) is 54.3 Å². The molecule has 3 aromatic rings. The highest BCUT2D eigenvalue weighted by Gasteiger charge is 2.26. The van der Waals surface area contributed by atoms with Gasteiger partial charge < -0.3 is 10.2 Å². The van der Waals surface area contributed by atoms with Crippen molar-refractivity contribution in [3.05, 3.63) is 95.1 Å². The Hall–Kier alpha value is -3.73. The molecule has 0 atom stereocenters. The smallest absolute Gasteiger partial charge is 0.240 e. The van der Waals surface area contributed by atoms with Crippen LogP contribution in [0.3, 0.4) is 0 Å². The Morgan fingerprint density at radius 2 is 1.71 bits per heavy atom. The molecule has 31 heavy (non-hydrogen) atoms. The molecule has 2 amide bonds. The highest BCUT2D eigenvalue weighted by Crippen LogP contribution is 2.33. The van der Waals surface area contributed by atoms with Gasteiger partial charge in [-0.2, -0.15) is 0 Å². The molecule has 3 aromatic carbocycles. The lowest BCUT2D eigenvalue weighted by Crippen LogP contribution is -2.41. The molecule has 1 N–H and O–H groups in total. The molecule has 0 bridgehead atoms. The molecule has 0 spiro atoms. The van der Waals surface area contributed by atoms with Crippen molar-refractivity contribution < 1.29 is 9.59 Å². The number of carbonyl (C=O) groups excluding carboxylic acids is 2. The summed E-state index contributed by atoms with van der Waals surface area (Å²) in [4.78, 5) is 32.2. The Morgan fingerprint density at radius 1 is 0.968 bits per heavy atom. The summed E-state index contributed by atoms with van der Waals surface area (Å²) in [5.74, 6) is -0.349.